The van der Waals surface area contributed by atoms with E-state index in [9.17, 15) is 4.79 Å². The van der Waals surface area contributed by atoms with Crippen molar-refractivity contribution in [1.29, 1.82) is 0 Å². The Kier molecular flexibility index (Phi) is 3.16. The van der Waals surface area contributed by atoms with Crippen LogP contribution >= 0.6 is 23.2 Å². The Morgan fingerprint density at radius 2 is 1.89 bits per heavy atom. The van der Waals surface area contributed by atoms with Crippen LogP contribution in [-0.4, -0.2) is 34.1 Å². The molecule has 2 fully saturated rings. The highest BCUT2D eigenvalue weighted by Crippen LogP contribution is 2.38. The van der Waals surface area contributed by atoms with Crippen LogP contribution in [0.1, 0.15) is 29.6 Å². The third kappa shape index (κ3) is 2.08. The fourth-order valence-corrected chi connectivity index (χ4v) is 3.39. The molecule has 96 valence electrons. The van der Waals surface area contributed by atoms with Crippen molar-refractivity contribution in [3.05, 3.63) is 21.9 Å². The molecule has 4 nitrogen and oxygen atoms in total. The van der Waals surface area contributed by atoms with E-state index in [0.717, 1.165) is 13.1 Å². The van der Waals surface area contributed by atoms with Crippen molar-refractivity contribution in [2.24, 2.45) is 11.8 Å². The highest BCUT2D eigenvalue weighted by atomic mass is 35.5. The van der Waals surface area contributed by atoms with E-state index in [1.165, 1.54) is 25.3 Å². The minimum absolute atomic E-state index is 0.0776. The SMILES string of the molecule is O=C(c1cc(Cl)nnc1Cl)N1CC2CCCC2C1. The van der Waals surface area contributed by atoms with Crippen molar-refractivity contribution in [3.63, 3.8) is 0 Å². The van der Waals surface area contributed by atoms with Gasteiger partial charge in [-0.3, -0.25) is 4.79 Å². The number of halogens is 2. The van der Waals surface area contributed by atoms with Gasteiger partial charge in [-0.2, -0.15) is 0 Å². The number of fused-ring (bicyclic) bond motifs is 1. The number of carbonyl (C=O) groups is 1. The second kappa shape index (κ2) is 4.67. The Morgan fingerprint density at radius 1 is 1.22 bits per heavy atom. The summed E-state index contributed by atoms with van der Waals surface area (Å²) in [4.78, 5) is 14.2. The van der Waals surface area contributed by atoms with Gasteiger partial charge in [0.2, 0.25) is 0 Å². The molecule has 1 aromatic heterocycles. The van der Waals surface area contributed by atoms with E-state index >= 15 is 0 Å². The molecule has 0 radical (unpaired) electrons. The summed E-state index contributed by atoms with van der Waals surface area (Å²) in [5.41, 5.74) is 0.358. The van der Waals surface area contributed by atoms with Crippen LogP contribution in [0.5, 0.6) is 0 Å². The summed E-state index contributed by atoms with van der Waals surface area (Å²) in [5.74, 6) is 1.25. The second-order valence-electron chi connectivity index (χ2n) is 5.03. The molecule has 1 aliphatic heterocycles. The molecule has 1 amide bonds. The number of amides is 1. The fourth-order valence-electron chi connectivity index (χ4n) is 3.07. The molecule has 0 bridgehead atoms. The molecular weight excluding hydrogens is 273 g/mol. The molecule has 0 N–H and O–H groups in total. The predicted octanol–water partition coefficient (Wildman–Crippen LogP) is 2.66. The van der Waals surface area contributed by atoms with Crippen LogP contribution in [0.15, 0.2) is 6.07 Å². The van der Waals surface area contributed by atoms with Crippen LogP contribution < -0.4 is 0 Å². The highest BCUT2D eigenvalue weighted by Gasteiger charge is 2.38. The average molecular weight is 286 g/mol. The first-order valence-electron chi connectivity index (χ1n) is 6.13. The summed E-state index contributed by atoms with van der Waals surface area (Å²) in [6.07, 6.45) is 3.76. The van der Waals surface area contributed by atoms with Gasteiger partial charge in [-0.1, -0.05) is 29.6 Å². The van der Waals surface area contributed by atoms with Gasteiger partial charge >= 0.3 is 0 Å². The maximum absolute atomic E-state index is 12.4. The smallest absolute Gasteiger partial charge is 0.257 e. The average Bonchev–Trinajstić information content (AvgIpc) is 2.91. The minimum atomic E-state index is -0.0776. The van der Waals surface area contributed by atoms with E-state index in [-0.39, 0.29) is 16.2 Å². The van der Waals surface area contributed by atoms with Crippen LogP contribution in [0, 0.1) is 11.8 Å². The Hall–Kier alpha value is -0.870. The quantitative estimate of drug-likeness (QED) is 0.797. The van der Waals surface area contributed by atoms with Crippen molar-refractivity contribution in [2.75, 3.05) is 13.1 Å². The fraction of sp³-hybridized carbons (Fsp3) is 0.583. The van der Waals surface area contributed by atoms with Crippen molar-refractivity contribution < 1.29 is 4.79 Å². The van der Waals surface area contributed by atoms with Gasteiger partial charge in [0.1, 0.15) is 0 Å². The molecule has 1 aromatic rings. The maximum Gasteiger partial charge on any atom is 0.257 e. The summed E-state index contributed by atoms with van der Waals surface area (Å²) < 4.78 is 0. The standard InChI is InChI=1S/C12H13Cl2N3O/c13-10-4-9(11(14)16-15-10)12(18)17-5-7-2-1-3-8(7)6-17/h4,7-8H,1-3,5-6H2. The van der Waals surface area contributed by atoms with Crippen LogP contribution in [0.4, 0.5) is 0 Å². The van der Waals surface area contributed by atoms with Crippen molar-refractivity contribution in [3.8, 4) is 0 Å². The van der Waals surface area contributed by atoms with E-state index in [1.807, 2.05) is 4.90 Å². The topological polar surface area (TPSA) is 46.1 Å². The first-order valence-corrected chi connectivity index (χ1v) is 6.88. The summed E-state index contributed by atoms with van der Waals surface area (Å²) in [7, 11) is 0. The number of hydrogen-bond acceptors (Lipinski definition) is 3. The molecule has 18 heavy (non-hydrogen) atoms. The summed E-state index contributed by atoms with van der Waals surface area (Å²) >= 11 is 11.7. The number of likely N-dealkylation sites (tertiary alicyclic amines) is 1. The van der Waals surface area contributed by atoms with E-state index in [0.29, 0.717) is 17.4 Å². The van der Waals surface area contributed by atoms with Gasteiger partial charge in [0, 0.05) is 13.1 Å². The van der Waals surface area contributed by atoms with E-state index in [2.05, 4.69) is 10.2 Å². The molecule has 3 rings (SSSR count). The van der Waals surface area contributed by atoms with E-state index < -0.39 is 0 Å². The number of nitrogens with zero attached hydrogens (tertiary/aromatic N) is 3. The number of hydrogen-bond donors (Lipinski definition) is 0. The molecule has 0 spiro atoms. The Morgan fingerprint density at radius 3 is 2.56 bits per heavy atom. The number of rotatable bonds is 1. The van der Waals surface area contributed by atoms with E-state index in [1.54, 1.807) is 0 Å². The predicted molar refractivity (Wildman–Crippen MR) is 68.8 cm³/mol. The maximum atomic E-state index is 12.4. The van der Waals surface area contributed by atoms with Crippen LogP contribution in [-0.2, 0) is 0 Å². The summed E-state index contributed by atoms with van der Waals surface area (Å²) in [5, 5.41) is 7.62. The van der Waals surface area contributed by atoms with Gasteiger partial charge in [0.05, 0.1) is 5.56 Å². The molecule has 2 aliphatic rings. The van der Waals surface area contributed by atoms with Gasteiger partial charge in [0.15, 0.2) is 10.3 Å². The molecule has 1 saturated carbocycles. The summed E-state index contributed by atoms with van der Waals surface area (Å²) in [6, 6.07) is 1.49. The van der Waals surface area contributed by atoms with Crippen molar-refractivity contribution >= 4 is 29.1 Å². The normalized spacial score (nSPS) is 26.4. The lowest BCUT2D eigenvalue weighted by Crippen LogP contribution is -2.30. The zero-order chi connectivity index (χ0) is 12.7. The third-order valence-corrected chi connectivity index (χ3v) is 4.43. The molecular formula is C12H13Cl2N3O. The molecule has 2 heterocycles. The van der Waals surface area contributed by atoms with Crippen molar-refractivity contribution in [2.45, 2.75) is 19.3 Å². The molecule has 6 heteroatoms. The van der Waals surface area contributed by atoms with Gasteiger partial charge in [-0.15, -0.1) is 10.2 Å². The Balaban J connectivity index is 1.81. The van der Waals surface area contributed by atoms with Crippen LogP contribution in [0.3, 0.4) is 0 Å². The van der Waals surface area contributed by atoms with Crippen molar-refractivity contribution in [1.82, 2.24) is 15.1 Å². The van der Waals surface area contributed by atoms with Crippen LogP contribution in [0.25, 0.3) is 0 Å². The zero-order valence-electron chi connectivity index (χ0n) is 9.77. The third-order valence-electron chi connectivity index (χ3n) is 3.96. The van der Waals surface area contributed by atoms with Gasteiger partial charge in [0.25, 0.3) is 5.91 Å². The van der Waals surface area contributed by atoms with Gasteiger partial charge in [-0.25, -0.2) is 0 Å². The first-order chi connectivity index (χ1) is 8.65. The molecule has 1 saturated heterocycles. The molecule has 1 aliphatic carbocycles. The Bertz CT molecular complexity index is 482. The zero-order valence-corrected chi connectivity index (χ0v) is 11.3. The lowest BCUT2D eigenvalue weighted by molar-refractivity contribution is 0.0780. The number of aromatic nitrogens is 2. The lowest BCUT2D eigenvalue weighted by Gasteiger charge is -2.17. The molecule has 0 aromatic carbocycles. The van der Waals surface area contributed by atoms with E-state index in [4.69, 9.17) is 23.2 Å². The lowest BCUT2D eigenvalue weighted by atomic mass is 10.0. The minimum Gasteiger partial charge on any atom is -0.338 e. The largest absolute Gasteiger partial charge is 0.338 e. The first kappa shape index (κ1) is 12.2. The number of carbonyl (C=O) groups excluding carboxylic acids is 1. The Labute approximate surface area is 115 Å². The molecule has 2 atom stereocenters. The highest BCUT2D eigenvalue weighted by molar-refractivity contribution is 6.34. The summed E-state index contributed by atoms with van der Waals surface area (Å²) in [6.45, 7) is 1.67. The monoisotopic (exact) mass is 285 g/mol. The van der Waals surface area contributed by atoms with Gasteiger partial charge < -0.3 is 4.90 Å². The second-order valence-corrected chi connectivity index (χ2v) is 5.78. The van der Waals surface area contributed by atoms with Crippen LogP contribution in [0.2, 0.25) is 10.3 Å². The van der Waals surface area contributed by atoms with Gasteiger partial charge in [-0.05, 0) is 30.7 Å². The molecule has 2 unspecified atom stereocenters.